The summed E-state index contributed by atoms with van der Waals surface area (Å²) in [7, 11) is 0. The van der Waals surface area contributed by atoms with Gasteiger partial charge in [-0.15, -0.1) is 0 Å². The highest BCUT2D eigenvalue weighted by atomic mass is 19.1. The fourth-order valence-corrected chi connectivity index (χ4v) is 2.46. The minimum atomic E-state index is -0.320. The summed E-state index contributed by atoms with van der Waals surface area (Å²) in [6.45, 7) is 5.61. The van der Waals surface area contributed by atoms with Crippen molar-refractivity contribution >= 4 is 0 Å². The van der Waals surface area contributed by atoms with E-state index in [1.165, 1.54) is 30.6 Å². The van der Waals surface area contributed by atoms with Crippen LogP contribution in [0.5, 0.6) is 6.01 Å². The lowest BCUT2D eigenvalue weighted by Gasteiger charge is -2.35. The molecule has 0 saturated heterocycles. The minimum absolute atomic E-state index is 0.0118. The van der Waals surface area contributed by atoms with Gasteiger partial charge >= 0.3 is 6.01 Å². The Kier molecular flexibility index (Phi) is 4.92. The fourth-order valence-electron chi connectivity index (χ4n) is 2.46. The van der Waals surface area contributed by atoms with E-state index in [0.717, 1.165) is 18.4 Å². The van der Waals surface area contributed by atoms with E-state index in [0.29, 0.717) is 11.3 Å². The Labute approximate surface area is 143 Å². The van der Waals surface area contributed by atoms with Gasteiger partial charge < -0.3 is 9.26 Å². The molecule has 130 valence electrons. The molecule has 2 aromatic heterocycles. The summed E-state index contributed by atoms with van der Waals surface area (Å²) in [6.07, 6.45) is 9.17. The van der Waals surface area contributed by atoms with E-state index in [1.54, 1.807) is 13.0 Å². The molecule has 0 bridgehead atoms. The Morgan fingerprint density at radius 3 is 2.72 bits per heavy atom. The average Bonchev–Trinajstić information content (AvgIpc) is 3.02. The molecule has 0 spiro atoms. The molecule has 7 heteroatoms. The summed E-state index contributed by atoms with van der Waals surface area (Å²) >= 11 is 0. The van der Waals surface area contributed by atoms with Crippen molar-refractivity contribution in [2.75, 3.05) is 0 Å². The number of ether oxygens (including phenoxy) is 1. The molecule has 0 aromatic carbocycles. The number of allylic oxidation sites excluding steroid dienone is 5. The van der Waals surface area contributed by atoms with Crippen LogP contribution in [0.3, 0.4) is 0 Å². The fraction of sp³-hybridized carbons (Fsp3) is 0.278. The van der Waals surface area contributed by atoms with Crippen LogP contribution in [-0.2, 0) is 0 Å². The normalized spacial score (nSPS) is 20.5. The van der Waals surface area contributed by atoms with E-state index in [-0.39, 0.29) is 29.4 Å². The standard InChI is InChI=1S/C18H18FN3O3/c1-3-14(19)5-4-11(2)12-6-15(7-12)24-18-20-9-13(10-21-18)16-8-17(23)22-25-16/h3-5,8-10,12,15H,2,6-7H2,1H3,(H,22,23)/b5-4-,14-3+. The monoisotopic (exact) mass is 343 g/mol. The molecule has 1 aliphatic carbocycles. The summed E-state index contributed by atoms with van der Waals surface area (Å²) < 4.78 is 23.8. The molecule has 0 aliphatic heterocycles. The van der Waals surface area contributed by atoms with Crippen molar-refractivity contribution in [2.24, 2.45) is 5.92 Å². The maximum atomic E-state index is 13.1. The molecule has 1 fully saturated rings. The number of nitrogens with one attached hydrogen (secondary N) is 1. The number of hydrogen-bond acceptors (Lipinski definition) is 5. The first-order valence-electron chi connectivity index (χ1n) is 7.91. The molecule has 3 rings (SSSR count). The van der Waals surface area contributed by atoms with Crippen molar-refractivity contribution in [1.29, 1.82) is 0 Å². The van der Waals surface area contributed by atoms with Crippen LogP contribution in [0.15, 0.2) is 64.0 Å². The Morgan fingerprint density at radius 1 is 1.40 bits per heavy atom. The van der Waals surface area contributed by atoms with E-state index in [2.05, 4.69) is 21.7 Å². The first kappa shape index (κ1) is 16.9. The SMILES string of the molecule is C=C(/C=C\C(F)=C/C)C1CC(Oc2ncc(-c3cc(=O)[nH]o3)cn2)C1. The first-order valence-corrected chi connectivity index (χ1v) is 7.91. The summed E-state index contributed by atoms with van der Waals surface area (Å²) in [4.78, 5) is 19.3. The van der Waals surface area contributed by atoms with Crippen molar-refractivity contribution < 1.29 is 13.7 Å². The Bertz CT molecular complexity index is 858. The van der Waals surface area contributed by atoms with Crippen LogP contribution in [0.1, 0.15) is 19.8 Å². The summed E-state index contributed by atoms with van der Waals surface area (Å²) in [5.74, 6) is 0.371. The minimum Gasteiger partial charge on any atom is -0.460 e. The number of hydrogen-bond donors (Lipinski definition) is 1. The van der Waals surface area contributed by atoms with Crippen molar-refractivity contribution in [3.63, 3.8) is 0 Å². The van der Waals surface area contributed by atoms with Crippen molar-refractivity contribution in [3.05, 3.63) is 65.0 Å². The molecule has 1 aliphatic rings. The second-order valence-corrected chi connectivity index (χ2v) is 5.82. The molecule has 0 radical (unpaired) electrons. The lowest BCUT2D eigenvalue weighted by atomic mass is 9.77. The van der Waals surface area contributed by atoms with Gasteiger partial charge in [0.25, 0.3) is 5.56 Å². The molecule has 0 amide bonds. The zero-order chi connectivity index (χ0) is 17.8. The molecule has 0 unspecified atom stereocenters. The molecular weight excluding hydrogens is 325 g/mol. The van der Waals surface area contributed by atoms with Gasteiger partial charge in [0.1, 0.15) is 11.9 Å². The lowest BCUT2D eigenvalue weighted by molar-refractivity contribution is 0.0734. The highest BCUT2D eigenvalue weighted by molar-refractivity contribution is 5.53. The van der Waals surface area contributed by atoms with Gasteiger partial charge in [0.05, 0.1) is 11.6 Å². The van der Waals surface area contributed by atoms with Crippen LogP contribution in [0.25, 0.3) is 11.3 Å². The average molecular weight is 343 g/mol. The summed E-state index contributed by atoms with van der Waals surface area (Å²) in [5, 5.41) is 2.21. The second-order valence-electron chi connectivity index (χ2n) is 5.82. The third kappa shape index (κ3) is 4.12. The number of H-pyrrole nitrogens is 1. The molecular formula is C18H18FN3O3. The summed E-state index contributed by atoms with van der Waals surface area (Å²) in [5.41, 5.74) is 1.15. The van der Waals surface area contributed by atoms with Gasteiger partial charge in [0.15, 0.2) is 5.76 Å². The van der Waals surface area contributed by atoms with Crippen molar-refractivity contribution in [2.45, 2.75) is 25.9 Å². The van der Waals surface area contributed by atoms with Crippen LogP contribution in [0.4, 0.5) is 4.39 Å². The number of aromatic amines is 1. The third-order valence-corrected chi connectivity index (χ3v) is 4.06. The van der Waals surface area contributed by atoms with Crippen LogP contribution >= 0.6 is 0 Å². The number of aromatic nitrogens is 3. The number of halogens is 1. The van der Waals surface area contributed by atoms with Gasteiger partial charge in [-0.25, -0.2) is 14.4 Å². The van der Waals surface area contributed by atoms with Gasteiger partial charge in [-0.3, -0.25) is 4.79 Å². The highest BCUT2D eigenvalue weighted by Gasteiger charge is 2.32. The third-order valence-electron chi connectivity index (χ3n) is 4.06. The Hall–Kier alpha value is -2.96. The maximum Gasteiger partial charge on any atom is 0.316 e. The largest absolute Gasteiger partial charge is 0.460 e. The molecule has 6 nitrogen and oxygen atoms in total. The molecule has 1 saturated carbocycles. The van der Waals surface area contributed by atoms with Crippen molar-refractivity contribution in [1.82, 2.24) is 15.1 Å². The topological polar surface area (TPSA) is 81.0 Å². The zero-order valence-electron chi connectivity index (χ0n) is 13.7. The van der Waals surface area contributed by atoms with Crippen LogP contribution in [0, 0.1) is 5.92 Å². The molecule has 2 heterocycles. The molecule has 0 atom stereocenters. The quantitative estimate of drug-likeness (QED) is 0.811. The number of nitrogens with zero attached hydrogens (tertiary/aromatic N) is 2. The molecule has 1 N–H and O–H groups in total. The van der Waals surface area contributed by atoms with Crippen LogP contribution in [-0.4, -0.2) is 21.2 Å². The zero-order valence-corrected chi connectivity index (χ0v) is 13.7. The molecule has 25 heavy (non-hydrogen) atoms. The Balaban J connectivity index is 1.51. The van der Waals surface area contributed by atoms with E-state index in [9.17, 15) is 9.18 Å². The molecule has 2 aromatic rings. The smallest absolute Gasteiger partial charge is 0.316 e. The maximum absolute atomic E-state index is 13.1. The Morgan fingerprint density at radius 2 is 2.12 bits per heavy atom. The van der Waals surface area contributed by atoms with E-state index in [1.807, 2.05) is 0 Å². The predicted molar refractivity (Wildman–Crippen MR) is 90.6 cm³/mol. The second kappa shape index (κ2) is 7.29. The predicted octanol–water partition coefficient (Wildman–Crippen LogP) is 3.57. The van der Waals surface area contributed by atoms with Gasteiger partial charge in [-0.05, 0) is 31.8 Å². The lowest BCUT2D eigenvalue weighted by Crippen LogP contribution is -2.34. The van der Waals surface area contributed by atoms with Gasteiger partial charge in [-0.2, -0.15) is 5.16 Å². The van der Waals surface area contributed by atoms with Gasteiger partial charge in [0, 0.05) is 12.4 Å². The van der Waals surface area contributed by atoms with Gasteiger partial charge in [0.2, 0.25) is 0 Å². The van der Waals surface area contributed by atoms with Crippen molar-refractivity contribution in [3.8, 4) is 17.3 Å². The first-order chi connectivity index (χ1) is 12.0. The summed E-state index contributed by atoms with van der Waals surface area (Å²) in [6, 6.07) is 1.59. The van der Waals surface area contributed by atoms with E-state index < -0.39 is 0 Å². The van der Waals surface area contributed by atoms with E-state index >= 15 is 0 Å². The van der Waals surface area contributed by atoms with Crippen LogP contribution < -0.4 is 10.3 Å². The van der Waals surface area contributed by atoms with Crippen LogP contribution in [0.2, 0.25) is 0 Å². The van der Waals surface area contributed by atoms with Gasteiger partial charge in [-0.1, -0.05) is 24.3 Å². The number of rotatable bonds is 6. The highest BCUT2D eigenvalue weighted by Crippen LogP contribution is 2.35. The van der Waals surface area contributed by atoms with E-state index in [4.69, 9.17) is 9.26 Å².